The summed E-state index contributed by atoms with van der Waals surface area (Å²) in [5.41, 5.74) is 1.58. The van der Waals surface area contributed by atoms with E-state index in [1.807, 2.05) is 12.1 Å². The molecule has 3 rings (SSSR count). The standard InChI is InChI=1S/C16H15N7O2/c24-23(25)14-15(19-9-12-3-1-5-17-7-12)21-11-22-16(14)20-10-13-4-2-6-18-8-13/h1-8,11H,9-10H2,(H2,19,20,21,22). The normalized spacial score (nSPS) is 10.2. The highest BCUT2D eigenvalue weighted by molar-refractivity contribution is 5.69. The minimum Gasteiger partial charge on any atom is -0.360 e. The van der Waals surface area contributed by atoms with Crippen LogP contribution in [-0.4, -0.2) is 24.9 Å². The van der Waals surface area contributed by atoms with Gasteiger partial charge in [0, 0.05) is 37.9 Å². The van der Waals surface area contributed by atoms with Crippen LogP contribution in [0.1, 0.15) is 11.1 Å². The van der Waals surface area contributed by atoms with Crippen molar-refractivity contribution in [2.45, 2.75) is 13.1 Å². The second kappa shape index (κ2) is 7.77. The molecule has 0 saturated heterocycles. The summed E-state index contributed by atoms with van der Waals surface area (Å²) in [7, 11) is 0. The van der Waals surface area contributed by atoms with Crippen LogP contribution in [0.5, 0.6) is 0 Å². The Balaban J connectivity index is 1.78. The predicted octanol–water partition coefficient (Wildman–Crippen LogP) is 2.40. The molecule has 0 unspecified atom stereocenters. The van der Waals surface area contributed by atoms with Crippen LogP contribution < -0.4 is 10.6 Å². The van der Waals surface area contributed by atoms with E-state index in [9.17, 15) is 10.1 Å². The first-order valence-electron chi connectivity index (χ1n) is 7.49. The van der Waals surface area contributed by atoms with Gasteiger partial charge in [0.15, 0.2) is 0 Å². The van der Waals surface area contributed by atoms with E-state index in [0.29, 0.717) is 13.1 Å². The summed E-state index contributed by atoms with van der Waals surface area (Å²) in [5, 5.41) is 17.4. The van der Waals surface area contributed by atoms with E-state index in [4.69, 9.17) is 0 Å². The molecule has 3 aromatic heterocycles. The molecule has 0 aromatic carbocycles. The van der Waals surface area contributed by atoms with E-state index in [1.54, 1.807) is 36.9 Å². The zero-order valence-electron chi connectivity index (χ0n) is 13.2. The summed E-state index contributed by atoms with van der Waals surface area (Å²) in [6.07, 6.45) is 7.97. The lowest BCUT2D eigenvalue weighted by molar-refractivity contribution is -0.383. The van der Waals surface area contributed by atoms with E-state index in [0.717, 1.165) is 11.1 Å². The van der Waals surface area contributed by atoms with Crippen LogP contribution in [0.3, 0.4) is 0 Å². The van der Waals surface area contributed by atoms with Crippen LogP contribution in [0, 0.1) is 10.1 Å². The quantitative estimate of drug-likeness (QED) is 0.498. The maximum atomic E-state index is 11.5. The summed E-state index contributed by atoms with van der Waals surface area (Å²) in [6.45, 7) is 0.738. The predicted molar refractivity (Wildman–Crippen MR) is 91.8 cm³/mol. The summed E-state index contributed by atoms with van der Waals surface area (Å²) in [6, 6.07) is 7.34. The lowest BCUT2D eigenvalue weighted by Gasteiger charge is -2.10. The molecule has 0 saturated carbocycles. The van der Waals surface area contributed by atoms with Gasteiger partial charge in [-0.25, -0.2) is 9.97 Å². The first kappa shape index (κ1) is 16.2. The highest BCUT2D eigenvalue weighted by Gasteiger charge is 2.22. The number of hydrogen-bond acceptors (Lipinski definition) is 8. The number of aromatic nitrogens is 4. The molecule has 0 bridgehead atoms. The molecule has 3 heterocycles. The zero-order chi connectivity index (χ0) is 17.5. The Bertz CT molecular complexity index is 782. The van der Waals surface area contributed by atoms with Gasteiger partial charge < -0.3 is 10.6 Å². The van der Waals surface area contributed by atoms with Crippen LogP contribution in [0.2, 0.25) is 0 Å². The van der Waals surface area contributed by atoms with Gasteiger partial charge in [-0.2, -0.15) is 0 Å². The monoisotopic (exact) mass is 337 g/mol. The van der Waals surface area contributed by atoms with E-state index >= 15 is 0 Å². The number of rotatable bonds is 7. The van der Waals surface area contributed by atoms with Gasteiger partial charge in [-0.1, -0.05) is 12.1 Å². The van der Waals surface area contributed by atoms with Gasteiger partial charge >= 0.3 is 5.69 Å². The summed E-state index contributed by atoms with van der Waals surface area (Å²) >= 11 is 0. The first-order chi connectivity index (χ1) is 12.2. The Morgan fingerprint density at radius 2 is 1.44 bits per heavy atom. The zero-order valence-corrected chi connectivity index (χ0v) is 13.2. The van der Waals surface area contributed by atoms with E-state index in [1.165, 1.54) is 6.33 Å². The third-order valence-corrected chi connectivity index (χ3v) is 3.37. The number of anilines is 2. The molecule has 0 aliphatic carbocycles. The number of nitrogens with one attached hydrogen (secondary N) is 2. The molecule has 126 valence electrons. The molecule has 2 N–H and O–H groups in total. The van der Waals surface area contributed by atoms with Crippen molar-refractivity contribution in [3.8, 4) is 0 Å². The second-order valence-corrected chi connectivity index (χ2v) is 5.11. The van der Waals surface area contributed by atoms with Gasteiger partial charge in [-0.3, -0.25) is 20.1 Å². The van der Waals surface area contributed by atoms with Crippen molar-refractivity contribution in [2.24, 2.45) is 0 Å². The van der Waals surface area contributed by atoms with Crippen LogP contribution in [0.25, 0.3) is 0 Å². The number of pyridine rings is 2. The lowest BCUT2D eigenvalue weighted by Crippen LogP contribution is -2.10. The van der Waals surface area contributed by atoms with Crippen LogP contribution in [0.4, 0.5) is 17.3 Å². The molecule has 0 spiro atoms. The lowest BCUT2D eigenvalue weighted by atomic mass is 10.3. The molecule has 3 aromatic rings. The third kappa shape index (κ3) is 4.22. The van der Waals surface area contributed by atoms with Gasteiger partial charge in [-0.05, 0) is 23.3 Å². The van der Waals surface area contributed by atoms with E-state index in [-0.39, 0.29) is 17.3 Å². The van der Waals surface area contributed by atoms with E-state index in [2.05, 4.69) is 30.6 Å². The second-order valence-electron chi connectivity index (χ2n) is 5.11. The van der Waals surface area contributed by atoms with E-state index < -0.39 is 4.92 Å². The molecule has 0 aliphatic heterocycles. The minimum absolute atomic E-state index is 0.150. The van der Waals surface area contributed by atoms with Crippen molar-refractivity contribution >= 4 is 17.3 Å². The first-order valence-corrected chi connectivity index (χ1v) is 7.49. The fourth-order valence-electron chi connectivity index (χ4n) is 2.19. The molecular weight excluding hydrogens is 322 g/mol. The van der Waals surface area contributed by atoms with Crippen LogP contribution >= 0.6 is 0 Å². The van der Waals surface area contributed by atoms with Gasteiger partial charge in [0.2, 0.25) is 11.6 Å². The maximum Gasteiger partial charge on any atom is 0.353 e. The summed E-state index contributed by atoms with van der Waals surface area (Å²) < 4.78 is 0. The van der Waals surface area contributed by atoms with Crippen LogP contribution in [-0.2, 0) is 13.1 Å². The average molecular weight is 337 g/mol. The van der Waals surface area contributed by atoms with Gasteiger partial charge in [-0.15, -0.1) is 0 Å². The average Bonchev–Trinajstić information content (AvgIpc) is 2.66. The molecule has 0 amide bonds. The Morgan fingerprint density at radius 3 is 1.84 bits per heavy atom. The van der Waals surface area contributed by atoms with Gasteiger partial charge in [0.25, 0.3) is 0 Å². The molecule has 0 aliphatic rings. The summed E-state index contributed by atoms with van der Waals surface area (Å²) in [5.74, 6) is 0.301. The molecule has 9 nitrogen and oxygen atoms in total. The van der Waals surface area contributed by atoms with Crippen molar-refractivity contribution in [3.05, 3.63) is 76.6 Å². The molecule has 0 radical (unpaired) electrons. The maximum absolute atomic E-state index is 11.5. The Hall–Kier alpha value is -3.62. The van der Waals surface area contributed by atoms with Crippen molar-refractivity contribution in [1.82, 2.24) is 19.9 Å². The highest BCUT2D eigenvalue weighted by atomic mass is 16.6. The number of nitro groups is 1. The SMILES string of the molecule is O=[N+]([O-])c1c(NCc2cccnc2)ncnc1NCc1cccnc1. The largest absolute Gasteiger partial charge is 0.360 e. The van der Waals surface area contributed by atoms with Crippen molar-refractivity contribution < 1.29 is 4.92 Å². The number of hydrogen-bond donors (Lipinski definition) is 2. The Labute approximate surface area is 143 Å². The topological polar surface area (TPSA) is 119 Å². The molecule has 9 heteroatoms. The minimum atomic E-state index is -0.503. The molecule has 25 heavy (non-hydrogen) atoms. The smallest absolute Gasteiger partial charge is 0.353 e. The van der Waals surface area contributed by atoms with Gasteiger partial charge in [0.1, 0.15) is 6.33 Å². The molecular formula is C16H15N7O2. The van der Waals surface area contributed by atoms with Crippen molar-refractivity contribution in [2.75, 3.05) is 10.6 Å². The summed E-state index contributed by atoms with van der Waals surface area (Å²) in [4.78, 5) is 27.0. The highest BCUT2D eigenvalue weighted by Crippen LogP contribution is 2.29. The van der Waals surface area contributed by atoms with Gasteiger partial charge in [0.05, 0.1) is 4.92 Å². The fourth-order valence-corrected chi connectivity index (χ4v) is 2.19. The molecule has 0 atom stereocenters. The fraction of sp³-hybridized carbons (Fsp3) is 0.125. The third-order valence-electron chi connectivity index (χ3n) is 3.37. The Morgan fingerprint density at radius 1 is 0.920 bits per heavy atom. The molecule has 0 fully saturated rings. The van der Waals surface area contributed by atoms with Crippen molar-refractivity contribution in [3.63, 3.8) is 0 Å². The van der Waals surface area contributed by atoms with Crippen molar-refractivity contribution in [1.29, 1.82) is 0 Å². The van der Waals surface area contributed by atoms with Crippen LogP contribution in [0.15, 0.2) is 55.4 Å². The Kier molecular flexibility index (Phi) is 5.05. The number of nitrogens with zero attached hydrogens (tertiary/aromatic N) is 5.